The minimum Gasteiger partial charge on any atom is -0.340 e. The molecule has 0 bridgehead atoms. The Morgan fingerprint density at radius 2 is 2.33 bits per heavy atom. The topological polar surface area (TPSA) is 58.1 Å². The molecule has 0 saturated carbocycles. The molecule has 0 aromatic carbocycles. The Hall–Kier alpha value is -0.720. The van der Waals surface area contributed by atoms with Gasteiger partial charge in [-0.1, -0.05) is 11.3 Å². The molecule has 15 heavy (non-hydrogen) atoms. The third-order valence-corrected chi connectivity index (χ3v) is 2.86. The molecule has 1 rings (SSSR count). The minimum absolute atomic E-state index is 0.129. The second-order valence-corrected chi connectivity index (χ2v) is 4.60. The number of amides is 1. The van der Waals surface area contributed by atoms with Crippen LogP contribution in [0, 0.1) is 0 Å². The molecule has 0 atom stereocenters. The van der Waals surface area contributed by atoms with Gasteiger partial charge in [-0.2, -0.15) is 0 Å². The van der Waals surface area contributed by atoms with Crippen molar-refractivity contribution in [3.8, 4) is 0 Å². The summed E-state index contributed by atoms with van der Waals surface area (Å²) >= 11 is 6.70. The monoisotopic (exact) mass is 248 g/mol. The molecule has 1 amide bonds. The molecular formula is C8H13ClN4OS. The molecule has 0 aliphatic heterocycles. The molecule has 1 aromatic heterocycles. The summed E-state index contributed by atoms with van der Waals surface area (Å²) in [6.45, 7) is 1.57. The van der Waals surface area contributed by atoms with Crippen molar-refractivity contribution in [2.24, 2.45) is 0 Å². The van der Waals surface area contributed by atoms with E-state index < -0.39 is 0 Å². The maximum Gasteiger partial charge on any atom is 0.284 e. The van der Waals surface area contributed by atoms with Crippen LogP contribution < -0.4 is 5.32 Å². The summed E-state index contributed by atoms with van der Waals surface area (Å²) in [6.07, 6.45) is 0.908. The van der Waals surface area contributed by atoms with Gasteiger partial charge in [-0.05, 0) is 31.6 Å². The lowest BCUT2D eigenvalue weighted by Gasteiger charge is -2.14. The Bertz CT molecular complexity index is 330. The summed E-state index contributed by atoms with van der Waals surface area (Å²) < 4.78 is 0.293. The van der Waals surface area contributed by atoms with Gasteiger partial charge in [-0.15, -0.1) is 10.2 Å². The third kappa shape index (κ3) is 3.73. The van der Waals surface area contributed by atoms with E-state index in [0.717, 1.165) is 24.3 Å². The predicted octanol–water partition coefficient (Wildman–Crippen LogP) is 0.873. The van der Waals surface area contributed by atoms with E-state index >= 15 is 0 Å². The lowest BCUT2D eigenvalue weighted by atomic mass is 10.4. The fourth-order valence-corrected chi connectivity index (χ4v) is 1.87. The van der Waals surface area contributed by atoms with Crippen LogP contribution in [0.25, 0.3) is 0 Å². The average molecular weight is 249 g/mol. The first kappa shape index (κ1) is 12.4. The van der Waals surface area contributed by atoms with Crippen LogP contribution in [0.1, 0.15) is 16.2 Å². The van der Waals surface area contributed by atoms with E-state index in [2.05, 4.69) is 15.5 Å². The van der Waals surface area contributed by atoms with Crippen LogP contribution in [0.5, 0.6) is 0 Å². The highest BCUT2D eigenvalue weighted by atomic mass is 35.5. The molecular weight excluding hydrogens is 236 g/mol. The van der Waals surface area contributed by atoms with Crippen LogP contribution in [0.15, 0.2) is 0 Å². The fraction of sp³-hybridized carbons (Fsp3) is 0.625. The van der Waals surface area contributed by atoms with Crippen molar-refractivity contribution in [3.05, 3.63) is 9.47 Å². The number of hydrogen-bond acceptors (Lipinski definition) is 5. The Labute approximate surface area is 97.4 Å². The van der Waals surface area contributed by atoms with Gasteiger partial charge in [0.15, 0.2) is 0 Å². The zero-order valence-electron chi connectivity index (χ0n) is 8.66. The molecule has 1 N–H and O–H groups in total. The Morgan fingerprint density at radius 3 is 2.87 bits per heavy atom. The van der Waals surface area contributed by atoms with Gasteiger partial charge in [0.1, 0.15) is 0 Å². The highest BCUT2D eigenvalue weighted by Gasteiger charge is 2.15. The summed E-state index contributed by atoms with van der Waals surface area (Å²) in [5, 5.41) is 10.6. The summed E-state index contributed by atoms with van der Waals surface area (Å²) in [4.78, 5) is 13.3. The molecule has 5 nitrogen and oxygen atoms in total. The first-order chi connectivity index (χ1) is 7.15. The number of hydrogen-bond donors (Lipinski definition) is 1. The molecule has 0 fully saturated rings. The number of carbonyl (C=O) groups excluding carboxylic acids is 1. The molecule has 1 heterocycles. The predicted molar refractivity (Wildman–Crippen MR) is 60.4 cm³/mol. The van der Waals surface area contributed by atoms with Gasteiger partial charge in [0.05, 0.1) is 0 Å². The summed E-state index contributed by atoms with van der Waals surface area (Å²) in [5.41, 5.74) is 0. The summed E-state index contributed by atoms with van der Waals surface area (Å²) in [6, 6.07) is 0. The van der Waals surface area contributed by atoms with E-state index in [1.165, 1.54) is 0 Å². The van der Waals surface area contributed by atoms with Gasteiger partial charge in [0.2, 0.25) is 9.47 Å². The second kappa shape index (κ2) is 5.99. The van der Waals surface area contributed by atoms with Crippen LogP contribution in [-0.4, -0.2) is 48.2 Å². The summed E-state index contributed by atoms with van der Waals surface area (Å²) in [5.74, 6) is -0.129. The van der Waals surface area contributed by atoms with E-state index in [-0.39, 0.29) is 5.91 Å². The first-order valence-corrected chi connectivity index (χ1v) is 5.73. The first-order valence-electron chi connectivity index (χ1n) is 4.54. The number of carbonyl (C=O) groups is 1. The minimum atomic E-state index is -0.129. The Balaban J connectivity index is 2.46. The van der Waals surface area contributed by atoms with Crippen molar-refractivity contribution < 1.29 is 4.79 Å². The highest BCUT2D eigenvalue weighted by Crippen LogP contribution is 2.16. The molecule has 7 heteroatoms. The molecule has 0 spiro atoms. The molecule has 84 valence electrons. The van der Waals surface area contributed by atoms with Crippen molar-refractivity contribution in [1.82, 2.24) is 20.4 Å². The van der Waals surface area contributed by atoms with Crippen LogP contribution >= 0.6 is 22.9 Å². The van der Waals surface area contributed by atoms with Crippen molar-refractivity contribution in [2.75, 3.05) is 27.2 Å². The van der Waals surface area contributed by atoms with Gasteiger partial charge >= 0.3 is 0 Å². The SMILES string of the molecule is CNCCCN(C)C(=O)c1nnc(Cl)s1. The quantitative estimate of drug-likeness (QED) is 0.786. The fourth-order valence-electron chi connectivity index (χ4n) is 1.05. The third-order valence-electron chi connectivity index (χ3n) is 1.85. The zero-order chi connectivity index (χ0) is 11.3. The van der Waals surface area contributed by atoms with Crippen LogP contribution in [0.3, 0.4) is 0 Å². The van der Waals surface area contributed by atoms with Gasteiger partial charge < -0.3 is 10.2 Å². The van der Waals surface area contributed by atoms with E-state index in [9.17, 15) is 4.79 Å². The standard InChI is InChI=1S/C8H13ClN4OS/c1-10-4-3-5-13(2)7(14)6-11-12-8(9)15-6/h10H,3-5H2,1-2H3. The molecule has 0 aliphatic carbocycles. The van der Waals surface area contributed by atoms with Gasteiger partial charge in [-0.25, -0.2) is 0 Å². The lowest BCUT2D eigenvalue weighted by molar-refractivity contribution is 0.0792. The van der Waals surface area contributed by atoms with Gasteiger partial charge in [0, 0.05) is 13.6 Å². The number of halogens is 1. The molecule has 0 aliphatic rings. The molecule has 0 saturated heterocycles. The van der Waals surface area contributed by atoms with Gasteiger partial charge in [-0.3, -0.25) is 4.79 Å². The molecule has 0 radical (unpaired) electrons. The zero-order valence-corrected chi connectivity index (χ0v) is 10.2. The number of nitrogens with one attached hydrogen (secondary N) is 1. The van der Waals surface area contributed by atoms with E-state index in [1.54, 1.807) is 11.9 Å². The van der Waals surface area contributed by atoms with E-state index in [1.807, 2.05) is 7.05 Å². The smallest absolute Gasteiger partial charge is 0.284 e. The van der Waals surface area contributed by atoms with Crippen LogP contribution in [-0.2, 0) is 0 Å². The van der Waals surface area contributed by atoms with E-state index in [4.69, 9.17) is 11.6 Å². The van der Waals surface area contributed by atoms with Crippen molar-refractivity contribution in [1.29, 1.82) is 0 Å². The molecule has 0 unspecified atom stereocenters. The second-order valence-electron chi connectivity index (χ2n) is 3.04. The normalized spacial score (nSPS) is 10.3. The van der Waals surface area contributed by atoms with Crippen molar-refractivity contribution in [2.45, 2.75) is 6.42 Å². The number of rotatable bonds is 5. The maximum absolute atomic E-state index is 11.7. The van der Waals surface area contributed by atoms with Gasteiger partial charge in [0.25, 0.3) is 5.91 Å². The Morgan fingerprint density at radius 1 is 1.60 bits per heavy atom. The van der Waals surface area contributed by atoms with E-state index in [0.29, 0.717) is 16.0 Å². The van der Waals surface area contributed by atoms with Crippen molar-refractivity contribution >= 4 is 28.8 Å². The maximum atomic E-state index is 11.7. The van der Waals surface area contributed by atoms with Crippen molar-refractivity contribution in [3.63, 3.8) is 0 Å². The van der Waals surface area contributed by atoms with Crippen LogP contribution in [0.2, 0.25) is 4.47 Å². The molecule has 1 aromatic rings. The largest absolute Gasteiger partial charge is 0.340 e. The highest BCUT2D eigenvalue weighted by molar-refractivity contribution is 7.17. The summed E-state index contributed by atoms with van der Waals surface area (Å²) in [7, 11) is 3.62. The number of aromatic nitrogens is 2. The Kier molecular flexibility index (Phi) is 4.93. The average Bonchev–Trinajstić information content (AvgIpc) is 2.64. The lowest BCUT2D eigenvalue weighted by Crippen LogP contribution is -2.29. The van der Waals surface area contributed by atoms with Crippen LogP contribution in [0.4, 0.5) is 0 Å². The number of nitrogens with zero attached hydrogens (tertiary/aromatic N) is 3.